The maximum Gasteiger partial charge on any atom is 0.414 e. The van der Waals surface area contributed by atoms with E-state index >= 15 is 0 Å². The van der Waals surface area contributed by atoms with Gasteiger partial charge in [-0.2, -0.15) is 0 Å². The zero-order valence-electron chi connectivity index (χ0n) is 12.3. The topological polar surface area (TPSA) is 77.7 Å². The minimum atomic E-state index is -0.368. The monoisotopic (exact) mass is 279 g/mol. The van der Waals surface area contributed by atoms with Gasteiger partial charge >= 0.3 is 6.09 Å². The maximum atomic E-state index is 12.2. The van der Waals surface area contributed by atoms with Crippen LogP contribution in [0.25, 0.3) is 0 Å². The summed E-state index contributed by atoms with van der Waals surface area (Å²) in [6, 6.07) is 3.29. The Morgan fingerprint density at radius 1 is 1.50 bits per heavy atom. The van der Waals surface area contributed by atoms with E-state index in [9.17, 15) is 4.79 Å². The van der Waals surface area contributed by atoms with Gasteiger partial charge in [0.05, 0.1) is 30.6 Å². The lowest BCUT2D eigenvalue weighted by atomic mass is 9.97. The minimum absolute atomic E-state index is 0.0288. The average Bonchev–Trinajstić information content (AvgIpc) is 2.37. The fraction of sp³-hybridized carbons (Fsp3) is 0.571. The second-order valence-electron chi connectivity index (χ2n) is 5.25. The van der Waals surface area contributed by atoms with Crippen LogP contribution in [0.15, 0.2) is 12.1 Å². The zero-order valence-corrected chi connectivity index (χ0v) is 12.3. The summed E-state index contributed by atoms with van der Waals surface area (Å²) in [6.45, 7) is 5.60. The van der Waals surface area contributed by atoms with Crippen molar-refractivity contribution in [3.8, 4) is 5.88 Å². The van der Waals surface area contributed by atoms with E-state index in [-0.39, 0.29) is 24.3 Å². The molecule has 0 saturated carbocycles. The fourth-order valence-corrected chi connectivity index (χ4v) is 2.40. The first kappa shape index (κ1) is 14.6. The number of carbonyl (C=O) groups excluding carboxylic acids is 1. The van der Waals surface area contributed by atoms with Crippen molar-refractivity contribution >= 4 is 11.8 Å². The standard InChI is InChI=1S/C14H21N3O3/c1-8(2)20-14(18)17-9(3)7-10(15)13-11(17)5-6-12(16-13)19-4/h5-6,8-10H,7,15H2,1-4H3. The molecule has 6 heteroatoms. The predicted octanol–water partition coefficient (Wildman–Crippen LogP) is 2.23. The highest BCUT2D eigenvalue weighted by molar-refractivity contribution is 5.90. The van der Waals surface area contributed by atoms with Crippen molar-refractivity contribution in [2.75, 3.05) is 12.0 Å². The Balaban J connectivity index is 2.40. The summed E-state index contributed by atoms with van der Waals surface area (Å²) in [5, 5.41) is 0. The second kappa shape index (κ2) is 5.66. The molecule has 2 rings (SSSR count). The van der Waals surface area contributed by atoms with Gasteiger partial charge in [-0.15, -0.1) is 0 Å². The van der Waals surface area contributed by atoms with E-state index in [4.69, 9.17) is 15.2 Å². The molecule has 0 fully saturated rings. The van der Waals surface area contributed by atoms with Crippen LogP contribution < -0.4 is 15.4 Å². The van der Waals surface area contributed by atoms with Crippen LogP contribution in [0.2, 0.25) is 0 Å². The summed E-state index contributed by atoms with van der Waals surface area (Å²) in [5.41, 5.74) is 7.49. The Kier molecular flexibility index (Phi) is 4.13. The number of hydrogen-bond acceptors (Lipinski definition) is 5. The molecule has 0 radical (unpaired) electrons. The molecule has 2 unspecified atom stereocenters. The summed E-state index contributed by atoms with van der Waals surface area (Å²) in [4.78, 5) is 18.2. The number of rotatable bonds is 2. The Hall–Kier alpha value is -1.82. The quantitative estimate of drug-likeness (QED) is 0.898. The molecule has 2 heterocycles. The van der Waals surface area contributed by atoms with Gasteiger partial charge in [-0.05, 0) is 33.3 Å². The van der Waals surface area contributed by atoms with Crippen LogP contribution in [0.1, 0.15) is 38.9 Å². The fourth-order valence-electron chi connectivity index (χ4n) is 2.40. The van der Waals surface area contributed by atoms with Gasteiger partial charge in [-0.3, -0.25) is 4.90 Å². The molecule has 0 spiro atoms. The number of ether oxygens (including phenoxy) is 2. The Bertz CT molecular complexity index is 504. The normalized spacial score (nSPS) is 21.6. The number of aromatic nitrogens is 1. The highest BCUT2D eigenvalue weighted by Crippen LogP contribution is 2.36. The Morgan fingerprint density at radius 3 is 2.80 bits per heavy atom. The number of anilines is 1. The van der Waals surface area contributed by atoms with Crippen molar-refractivity contribution in [1.82, 2.24) is 4.98 Å². The first-order valence-electron chi connectivity index (χ1n) is 6.74. The summed E-state index contributed by atoms with van der Waals surface area (Å²) in [6.07, 6.45) is 0.105. The molecule has 1 aliphatic heterocycles. The SMILES string of the molecule is COc1ccc2c(n1)C(N)CC(C)N2C(=O)OC(C)C. The Labute approximate surface area is 118 Å². The molecular formula is C14H21N3O3. The van der Waals surface area contributed by atoms with Gasteiger partial charge in [0.2, 0.25) is 5.88 Å². The molecule has 1 amide bonds. The van der Waals surface area contributed by atoms with E-state index in [0.29, 0.717) is 23.7 Å². The lowest BCUT2D eigenvalue weighted by Gasteiger charge is -2.36. The summed E-state index contributed by atoms with van der Waals surface area (Å²) < 4.78 is 10.4. The van der Waals surface area contributed by atoms with Crippen LogP contribution >= 0.6 is 0 Å². The van der Waals surface area contributed by atoms with Gasteiger partial charge < -0.3 is 15.2 Å². The van der Waals surface area contributed by atoms with E-state index in [1.807, 2.05) is 20.8 Å². The van der Waals surface area contributed by atoms with Crippen LogP contribution in [-0.4, -0.2) is 30.3 Å². The van der Waals surface area contributed by atoms with Crippen molar-refractivity contribution in [3.63, 3.8) is 0 Å². The molecule has 0 saturated heterocycles. The summed E-state index contributed by atoms with van der Waals surface area (Å²) in [7, 11) is 1.55. The number of nitrogens with zero attached hydrogens (tertiary/aromatic N) is 2. The van der Waals surface area contributed by atoms with Crippen molar-refractivity contribution in [3.05, 3.63) is 17.8 Å². The lowest BCUT2D eigenvalue weighted by molar-refractivity contribution is 0.119. The van der Waals surface area contributed by atoms with Crippen molar-refractivity contribution in [1.29, 1.82) is 0 Å². The largest absolute Gasteiger partial charge is 0.481 e. The van der Waals surface area contributed by atoms with Crippen LogP contribution in [0, 0.1) is 0 Å². The first-order valence-corrected chi connectivity index (χ1v) is 6.74. The van der Waals surface area contributed by atoms with Gasteiger partial charge in [0, 0.05) is 12.1 Å². The molecular weight excluding hydrogens is 258 g/mol. The second-order valence-corrected chi connectivity index (χ2v) is 5.25. The molecule has 0 bridgehead atoms. The third-order valence-electron chi connectivity index (χ3n) is 3.27. The van der Waals surface area contributed by atoms with Crippen LogP contribution in [0.4, 0.5) is 10.5 Å². The number of pyridine rings is 1. The molecule has 2 atom stereocenters. The molecule has 6 nitrogen and oxygen atoms in total. The van der Waals surface area contributed by atoms with Crippen molar-refractivity contribution < 1.29 is 14.3 Å². The third kappa shape index (κ3) is 2.70. The van der Waals surface area contributed by atoms with Crippen molar-refractivity contribution in [2.24, 2.45) is 5.73 Å². The van der Waals surface area contributed by atoms with Gasteiger partial charge in [-0.1, -0.05) is 0 Å². The van der Waals surface area contributed by atoms with E-state index in [1.165, 1.54) is 0 Å². The molecule has 110 valence electrons. The number of nitrogens with two attached hydrogens (primary N) is 1. The van der Waals surface area contributed by atoms with Crippen LogP contribution in [0.5, 0.6) is 5.88 Å². The number of fused-ring (bicyclic) bond motifs is 1. The summed E-state index contributed by atoms with van der Waals surface area (Å²) in [5.74, 6) is 0.492. The molecule has 1 aromatic heterocycles. The number of amides is 1. The molecule has 0 aromatic carbocycles. The predicted molar refractivity (Wildman–Crippen MR) is 75.9 cm³/mol. The van der Waals surface area contributed by atoms with E-state index < -0.39 is 0 Å². The van der Waals surface area contributed by atoms with Gasteiger partial charge in [0.15, 0.2) is 0 Å². The van der Waals surface area contributed by atoms with Gasteiger partial charge in [0.1, 0.15) is 0 Å². The molecule has 2 N–H and O–H groups in total. The smallest absolute Gasteiger partial charge is 0.414 e. The maximum absolute atomic E-state index is 12.2. The highest BCUT2D eigenvalue weighted by Gasteiger charge is 2.34. The Morgan fingerprint density at radius 2 is 2.20 bits per heavy atom. The molecule has 20 heavy (non-hydrogen) atoms. The molecule has 0 aliphatic carbocycles. The highest BCUT2D eigenvalue weighted by atomic mass is 16.6. The lowest BCUT2D eigenvalue weighted by Crippen LogP contribution is -2.45. The van der Waals surface area contributed by atoms with E-state index in [1.54, 1.807) is 24.1 Å². The van der Waals surface area contributed by atoms with Crippen molar-refractivity contribution in [2.45, 2.75) is 45.4 Å². The van der Waals surface area contributed by atoms with Crippen LogP contribution in [0.3, 0.4) is 0 Å². The van der Waals surface area contributed by atoms with Crippen LogP contribution in [-0.2, 0) is 4.74 Å². The van der Waals surface area contributed by atoms with Gasteiger partial charge in [0.25, 0.3) is 0 Å². The number of methoxy groups -OCH3 is 1. The minimum Gasteiger partial charge on any atom is -0.481 e. The van der Waals surface area contributed by atoms with E-state index in [0.717, 1.165) is 0 Å². The number of carbonyl (C=O) groups is 1. The van der Waals surface area contributed by atoms with E-state index in [2.05, 4.69) is 4.98 Å². The van der Waals surface area contributed by atoms with Gasteiger partial charge in [-0.25, -0.2) is 9.78 Å². The average molecular weight is 279 g/mol. The molecule has 1 aliphatic rings. The zero-order chi connectivity index (χ0) is 14.9. The first-order chi connectivity index (χ1) is 9.43. The third-order valence-corrected chi connectivity index (χ3v) is 3.27. The molecule has 1 aromatic rings. The number of hydrogen-bond donors (Lipinski definition) is 1. The summed E-state index contributed by atoms with van der Waals surface area (Å²) >= 11 is 0.